The Morgan fingerprint density at radius 1 is 1.33 bits per heavy atom. The van der Waals surface area contributed by atoms with Crippen molar-refractivity contribution in [1.82, 2.24) is 0 Å². The van der Waals surface area contributed by atoms with E-state index in [4.69, 9.17) is 0 Å². The second kappa shape index (κ2) is 6.70. The van der Waals surface area contributed by atoms with Crippen molar-refractivity contribution in [2.45, 2.75) is 51.0 Å². The van der Waals surface area contributed by atoms with Gasteiger partial charge in [-0.1, -0.05) is 26.3 Å². The van der Waals surface area contributed by atoms with E-state index in [0.29, 0.717) is 0 Å². The highest BCUT2D eigenvalue weighted by Gasteiger charge is 2.18. The molecule has 1 aromatic carbocycles. The van der Waals surface area contributed by atoms with E-state index in [1.807, 2.05) is 18.2 Å². The number of anilines is 1. The Hall–Kier alpha value is -1.14. The molecule has 1 aromatic rings. The number of hydrogen-bond donors (Lipinski definition) is 1. The fourth-order valence-corrected chi connectivity index (χ4v) is 2.86. The molecule has 1 rings (SSSR count). The average Bonchev–Trinajstić information content (AvgIpc) is 2.29. The molecule has 0 aromatic heterocycles. The van der Waals surface area contributed by atoms with Crippen LogP contribution < -0.4 is 5.32 Å². The zero-order chi connectivity index (χ0) is 13.6. The van der Waals surface area contributed by atoms with Gasteiger partial charge in [-0.15, -0.1) is 11.8 Å². The first-order valence-corrected chi connectivity index (χ1v) is 7.46. The largest absolute Gasteiger partial charge is 0.379 e. The van der Waals surface area contributed by atoms with E-state index < -0.39 is 0 Å². The fourth-order valence-electron chi connectivity index (χ4n) is 2.08. The smallest absolute Gasteiger partial charge is 0.102 e. The lowest BCUT2D eigenvalue weighted by Crippen LogP contribution is -2.30. The fraction of sp³-hybridized carbons (Fsp3) is 0.533. The number of rotatable bonds is 6. The van der Waals surface area contributed by atoms with E-state index in [1.54, 1.807) is 11.8 Å². The van der Waals surface area contributed by atoms with Gasteiger partial charge in [-0.05, 0) is 38.2 Å². The van der Waals surface area contributed by atoms with E-state index in [1.165, 1.54) is 0 Å². The van der Waals surface area contributed by atoms with Crippen LogP contribution in [0.15, 0.2) is 23.1 Å². The topological polar surface area (TPSA) is 35.8 Å². The summed E-state index contributed by atoms with van der Waals surface area (Å²) in [5, 5.41) is 12.9. The molecule has 0 heterocycles. The Morgan fingerprint density at radius 2 is 2.06 bits per heavy atom. The highest BCUT2D eigenvalue weighted by Crippen LogP contribution is 2.30. The normalized spacial score (nSPS) is 11.1. The van der Waals surface area contributed by atoms with Crippen LogP contribution in [-0.4, -0.2) is 11.3 Å². The van der Waals surface area contributed by atoms with Gasteiger partial charge in [0.1, 0.15) is 6.07 Å². The van der Waals surface area contributed by atoms with E-state index in [9.17, 15) is 5.26 Å². The van der Waals surface area contributed by atoms with E-state index in [2.05, 4.69) is 39.1 Å². The van der Waals surface area contributed by atoms with Crippen molar-refractivity contribution in [3.05, 3.63) is 23.8 Å². The summed E-state index contributed by atoms with van der Waals surface area (Å²) in [6, 6.07) is 8.36. The number of benzene rings is 1. The number of nitrogens with zero attached hydrogens (tertiary/aromatic N) is 1. The van der Waals surface area contributed by atoms with Gasteiger partial charge in [0, 0.05) is 10.4 Å². The molecule has 0 unspecified atom stereocenters. The van der Waals surface area contributed by atoms with Gasteiger partial charge in [0.25, 0.3) is 0 Å². The molecule has 3 heteroatoms. The van der Waals surface area contributed by atoms with Gasteiger partial charge in [-0.25, -0.2) is 0 Å². The predicted molar refractivity (Wildman–Crippen MR) is 80.2 cm³/mol. The Morgan fingerprint density at radius 3 is 2.61 bits per heavy atom. The Kier molecular flexibility index (Phi) is 5.55. The third-order valence-corrected chi connectivity index (χ3v) is 3.73. The third-order valence-electron chi connectivity index (χ3n) is 2.79. The van der Waals surface area contributed by atoms with E-state index in [0.717, 1.165) is 34.7 Å². The quantitative estimate of drug-likeness (QED) is 0.757. The van der Waals surface area contributed by atoms with Crippen molar-refractivity contribution >= 4 is 17.4 Å². The summed E-state index contributed by atoms with van der Waals surface area (Å²) < 4.78 is 0. The van der Waals surface area contributed by atoms with Crippen molar-refractivity contribution in [2.24, 2.45) is 0 Å². The van der Waals surface area contributed by atoms with Crippen molar-refractivity contribution in [3.8, 4) is 6.07 Å². The van der Waals surface area contributed by atoms with Gasteiger partial charge < -0.3 is 5.32 Å². The van der Waals surface area contributed by atoms with Crippen LogP contribution in [0.5, 0.6) is 0 Å². The molecule has 0 aliphatic rings. The maximum absolute atomic E-state index is 9.35. The molecule has 1 N–H and O–H groups in total. The van der Waals surface area contributed by atoms with Crippen LogP contribution in [0.1, 0.15) is 46.1 Å². The lowest BCUT2D eigenvalue weighted by atomic mass is 9.98. The van der Waals surface area contributed by atoms with Gasteiger partial charge in [0.2, 0.25) is 0 Å². The molecule has 0 saturated carbocycles. The van der Waals surface area contributed by atoms with Crippen molar-refractivity contribution in [3.63, 3.8) is 0 Å². The molecule has 0 radical (unpaired) electrons. The third kappa shape index (κ3) is 3.96. The van der Waals surface area contributed by atoms with Gasteiger partial charge in [-0.3, -0.25) is 0 Å². The molecule has 0 saturated heterocycles. The Bertz CT molecular complexity index is 433. The zero-order valence-corrected chi connectivity index (χ0v) is 12.5. The number of nitrogens with one attached hydrogen (secondary N) is 1. The van der Waals surface area contributed by atoms with Crippen LogP contribution in [0.2, 0.25) is 0 Å². The lowest BCUT2D eigenvalue weighted by Gasteiger charge is -2.28. The summed E-state index contributed by atoms with van der Waals surface area (Å²) >= 11 is 1.72. The first-order valence-electron chi connectivity index (χ1n) is 6.48. The second-order valence-corrected chi connectivity index (χ2v) is 6.29. The molecule has 0 atom stereocenters. The maximum atomic E-state index is 9.35. The first-order chi connectivity index (χ1) is 8.54. The van der Waals surface area contributed by atoms with Crippen LogP contribution in [0.25, 0.3) is 0 Å². The molecule has 0 bridgehead atoms. The Labute approximate surface area is 115 Å². The lowest BCUT2D eigenvalue weighted by molar-refractivity contribution is 0.511. The molecule has 98 valence electrons. The summed E-state index contributed by atoms with van der Waals surface area (Å²) in [7, 11) is 0. The standard InChI is InChI=1S/C15H22N2S/c1-5-10-15(3,4)17-13-8-7-9-14(18-6-2)12(13)11-16/h7-9,17H,5-6,10H2,1-4H3. The second-order valence-electron chi connectivity index (χ2n) is 4.98. The number of nitriles is 1. The summed E-state index contributed by atoms with van der Waals surface area (Å²) in [5.41, 5.74) is 1.75. The molecule has 2 nitrogen and oxygen atoms in total. The molecule has 0 fully saturated rings. The minimum atomic E-state index is 0.0237. The molecule has 0 aliphatic heterocycles. The van der Waals surface area contributed by atoms with Crippen molar-refractivity contribution in [2.75, 3.05) is 11.1 Å². The van der Waals surface area contributed by atoms with Crippen molar-refractivity contribution in [1.29, 1.82) is 5.26 Å². The van der Waals surface area contributed by atoms with Crippen molar-refractivity contribution < 1.29 is 0 Å². The highest BCUT2D eigenvalue weighted by atomic mass is 32.2. The summed E-state index contributed by atoms with van der Waals surface area (Å²) in [5.74, 6) is 0.983. The van der Waals surface area contributed by atoms with Crippen LogP contribution in [0, 0.1) is 11.3 Å². The van der Waals surface area contributed by atoms with Crippen LogP contribution in [0.3, 0.4) is 0 Å². The van der Waals surface area contributed by atoms with Gasteiger partial charge in [0.05, 0.1) is 11.3 Å². The van der Waals surface area contributed by atoms with Gasteiger partial charge in [0.15, 0.2) is 0 Å². The summed E-state index contributed by atoms with van der Waals surface area (Å²) in [4.78, 5) is 1.07. The number of hydrogen-bond acceptors (Lipinski definition) is 3. The van der Waals surface area contributed by atoms with E-state index >= 15 is 0 Å². The SMILES string of the molecule is CCCC(C)(C)Nc1cccc(SCC)c1C#N. The number of thioether (sulfide) groups is 1. The molecule has 0 spiro atoms. The molecular weight excluding hydrogens is 240 g/mol. The van der Waals surface area contributed by atoms with Crippen LogP contribution >= 0.6 is 11.8 Å². The predicted octanol–water partition coefficient (Wildman–Crippen LogP) is 4.66. The first kappa shape index (κ1) is 14.9. The molecule has 0 amide bonds. The minimum Gasteiger partial charge on any atom is -0.379 e. The molecular formula is C15H22N2S. The van der Waals surface area contributed by atoms with Crippen LogP contribution in [-0.2, 0) is 0 Å². The Balaban J connectivity index is 3.02. The maximum Gasteiger partial charge on any atom is 0.102 e. The minimum absolute atomic E-state index is 0.0237. The zero-order valence-electron chi connectivity index (χ0n) is 11.7. The average molecular weight is 262 g/mol. The molecule has 0 aliphatic carbocycles. The molecule has 18 heavy (non-hydrogen) atoms. The summed E-state index contributed by atoms with van der Waals surface area (Å²) in [6.45, 7) is 8.64. The van der Waals surface area contributed by atoms with Gasteiger partial charge >= 0.3 is 0 Å². The van der Waals surface area contributed by atoms with Gasteiger partial charge in [-0.2, -0.15) is 5.26 Å². The monoisotopic (exact) mass is 262 g/mol. The van der Waals surface area contributed by atoms with E-state index in [-0.39, 0.29) is 5.54 Å². The van der Waals surface area contributed by atoms with Crippen LogP contribution in [0.4, 0.5) is 5.69 Å². The highest BCUT2D eigenvalue weighted by molar-refractivity contribution is 7.99. The summed E-state index contributed by atoms with van der Waals surface area (Å²) in [6.07, 6.45) is 2.22.